The van der Waals surface area contributed by atoms with Crippen LogP contribution in [0.5, 0.6) is 0 Å². The molecule has 0 aliphatic carbocycles. The molecule has 2 aromatic carbocycles. The van der Waals surface area contributed by atoms with E-state index in [-0.39, 0.29) is 6.04 Å². The Bertz CT molecular complexity index is 515. The molecule has 1 unspecified atom stereocenters. The Hall–Kier alpha value is -1.80. The molecular weight excluding hydrogens is 220 g/mol. The molecule has 0 bridgehead atoms. The molecule has 2 aromatic rings. The normalized spacial score (nSPS) is 12.2. The lowest BCUT2D eigenvalue weighted by Gasteiger charge is -2.17. The number of benzene rings is 2. The summed E-state index contributed by atoms with van der Waals surface area (Å²) in [4.78, 5) is 2.09. The van der Waals surface area contributed by atoms with E-state index in [4.69, 9.17) is 5.73 Å². The molecule has 0 aromatic heterocycles. The van der Waals surface area contributed by atoms with Gasteiger partial charge in [-0.3, -0.25) is 0 Å². The first kappa shape index (κ1) is 12.7. The van der Waals surface area contributed by atoms with E-state index in [1.54, 1.807) is 0 Å². The van der Waals surface area contributed by atoms with Crippen molar-refractivity contribution in [2.24, 2.45) is 5.73 Å². The molecule has 0 aliphatic rings. The molecular formula is C16H20N2. The highest BCUT2D eigenvalue weighted by atomic mass is 15.1. The lowest BCUT2D eigenvalue weighted by atomic mass is 9.96. The second-order valence-electron chi connectivity index (χ2n) is 4.82. The van der Waals surface area contributed by atoms with E-state index in [2.05, 4.69) is 48.2 Å². The fourth-order valence-corrected chi connectivity index (χ4v) is 2.10. The van der Waals surface area contributed by atoms with Crippen LogP contribution in [0.3, 0.4) is 0 Å². The van der Waals surface area contributed by atoms with Crippen LogP contribution in [0.2, 0.25) is 0 Å². The highest BCUT2D eigenvalue weighted by Gasteiger charge is 2.10. The van der Waals surface area contributed by atoms with Crippen LogP contribution >= 0.6 is 0 Å². The van der Waals surface area contributed by atoms with E-state index < -0.39 is 0 Å². The molecule has 0 spiro atoms. The zero-order valence-electron chi connectivity index (χ0n) is 11.2. The molecule has 0 fully saturated rings. The number of nitrogens with two attached hydrogens (primary N) is 1. The zero-order valence-corrected chi connectivity index (χ0v) is 11.2. The van der Waals surface area contributed by atoms with E-state index in [0.717, 1.165) is 5.56 Å². The molecule has 2 nitrogen and oxygen atoms in total. The summed E-state index contributed by atoms with van der Waals surface area (Å²) in [5.41, 5.74) is 11.1. The van der Waals surface area contributed by atoms with Crippen LogP contribution < -0.4 is 10.6 Å². The molecule has 94 valence electrons. The van der Waals surface area contributed by atoms with Crippen molar-refractivity contribution in [3.63, 3.8) is 0 Å². The highest BCUT2D eigenvalue weighted by molar-refractivity contribution is 5.48. The van der Waals surface area contributed by atoms with Gasteiger partial charge in [-0.1, -0.05) is 36.4 Å². The average Bonchev–Trinajstić information content (AvgIpc) is 2.38. The minimum Gasteiger partial charge on any atom is -0.378 e. The fraction of sp³-hybridized carbons (Fsp3) is 0.250. The lowest BCUT2D eigenvalue weighted by molar-refractivity contribution is 0.861. The van der Waals surface area contributed by atoms with Crippen molar-refractivity contribution < 1.29 is 0 Å². The van der Waals surface area contributed by atoms with Crippen LogP contribution in [0.15, 0.2) is 48.5 Å². The molecule has 1 atom stereocenters. The lowest BCUT2D eigenvalue weighted by Crippen LogP contribution is -2.14. The number of hydrogen-bond donors (Lipinski definition) is 1. The van der Waals surface area contributed by atoms with Crippen LogP contribution in [0.25, 0.3) is 0 Å². The third-order valence-electron chi connectivity index (χ3n) is 3.29. The number of nitrogens with zero attached hydrogens (tertiary/aromatic N) is 1. The maximum absolute atomic E-state index is 6.33. The summed E-state index contributed by atoms with van der Waals surface area (Å²) in [5.74, 6) is 0. The first-order valence-electron chi connectivity index (χ1n) is 6.18. The largest absolute Gasteiger partial charge is 0.378 e. The number of hydrogen-bond acceptors (Lipinski definition) is 2. The van der Waals surface area contributed by atoms with Crippen LogP contribution in [-0.4, -0.2) is 14.1 Å². The first-order valence-corrected chi connectivity index (χ1v) is 6.18. The molecule has 0 heterocycles. The second kappa shape index (κ2) is 5.23. The van der Waals surface area contributed by atoms with Gasteiger partial charge in [0, 0.05) is 19.8 Å². The first-order chi connectivity index (χ1) is 8.59. The van der Waals surface area contributed by atoms with Crippen molar-refractivity contribution in [2.45, 2.75) is 13.0 Å². The molecule has 0 saturated carbocycles. The maximum atomic E-state index is 6.33. The third kappa shape index (κ3) is 2.54. The Balaban J connectivity index is 2.29. The standard InChI is InChI=1S/C16H20N2/c1-12-6-4-5-7-15(12)16(17)13-8-10-14(11-9-13)18(2)3/h4-11,16H,17H2,1-3H3. The van der Waals surface area contributed by atoms with E-state index in [0.29, 0.717) is 0 Å². The van der Waals surface area contributed by atoms with Crippen molar-refractivity contribution in [3.05, 3.63) is 65.2 Å². The second-order valence-corrected chi connectivity index (χ2v) is 4.82. The van der Waals surface area contributed by atoms with Crippen molar-refractivity contribution in [2.75, 3.05) is 19.0 Å². The molecule has 2 N–H and O–H groups in total. The predicted molar refractivity (Wildman–Crippen MR) is 78.0 cm³/mol. The topological polar surface area (TPSA) is 29.3 Å². The third-order valence-corrected chi connectivity index (χ3v) is 3.29. The van der Waals surface area contributed by atoms with Crippen molar-refractivity contribution >= 4 is 5.69 Å². The van der Waals surface area contributed by atoms with E-state index in [9.17, 15) is 0 Å². The highest BCUT2D eigenvalue weighted by Crippen LogP contribution is 2.24. The summed E-state index contributed by atoms with van der Waals surface area (Å²) in [6, 6.07) is 16.6. The summed E-state index contributed by atoms with van der Waals surface area (Å²) >= 11 is 0. The molecule has 18 heavy (non-hydrogen) atoms. The van der Waals surface area contributed by atoms with Crippen LogP contribution in [0.4, 0.5) is 5.69 Å². The Kier molecular flexibility index (Phi) is 3.68. The molecule has 0 amide bonds. The van der Waals surface area contributed by atoms with Gasteiger partial charge in [-0.05, 0) is 35.7 Å². The summed E-state index contributed by atoms with van der Waals surface area (Å²) in [7, 11) is 4.08. The van der Waals surface area contributed by atoms with E-state index >= 15 is 0 Å². The van der Waals surface area contributed by atoms with Gasteiger partial charge in [0.05, 0.1) is 6.04 Å². The Morgan fingerprint density at radius 1 is 0.944 bits per heavy atom. The van der Waals surface area contributed by atoms with Crippen LogP contribution in [0, 0.1) is 6.92 Å². The fourth-order valence-electron chi connectivity index (χ4n) is 2.10. The summed E-state index contributed by atoms with van der Waals surface area (Å²) in [5, 5.41) is 0. The van der Waals surface area contributed by atoms with E-state index in [1.165, 1.54) is 16.8 Å². The SMILES string of the molecule is Cc1ccccc1C(N)c1ccc(N(C)C)cc1. The van der Waals surface area contributed by atoms with Crippen molar-refractivity contribution in [1.82, 2.24) is 0 Å². The van der Waals surface area contributed by atoms with Crippen molar-refractivity contribution in [3.8, 4) is 0 Å². The zero-order chi connectivity index (χ0) is 13.1. The molecule has 0 aliphatic heterocycles. The van der Waals surface area contributed by atoms with Crippen LogP contribution in [-0.2, 0) is 0 Å². The molecule has 2 heteroatoms. The number of anilines is 1. The maximum Gasteiger partial charge on any atom is 0.0554 e. The number of rotatable bonds is 3. The number of aryl methyl sites for hydroxylation is 1. The van der Waals surface area contributed by atoms with Crippen LogP contribution in [0.1, 0.15) is 22.7 Å². The summed E-state index contributed by atoms with van der Waals surface area (Å²) < 4.78 is 0. The Morgan fingerprint density at radius 3 is 2.11 bits per heavy atom. The van der Waals surface area contributed by atoms with Gasteiger partial charge in [0.15, 0.2) is 0 Å². The van der Waals surface area contributed by atoms with Gasteiger partial charge in [0.1, 0.15) is 0 Å². The Morgan fingerprint density at radius 2 is 1.56 bits per heavy atom. The smallest absolute Gasteiger partial charge is 0.0554 e. The van der Waals surface area contributed by atoms with Gasteiger partial charge in [-0.2, -0.15) is 0 Å². The molecule has 0 radical (unpaired) electrons. The molecule has 2 rings (SSSR count). The van der Waals surface area contributed by atoms with Crippen molar-refractivity contribution in [1.29, 1.82) is 0 Å². The minimum atomic E-state index is -0.0533. The van der Waals surface area contributed by atoms with E-state index in [1.807, 2.05) is 26.2 Å². The van der Waals surface area contributed by atoms with Gasteiger partial charge in [-0.15, -0.1) is 0 Å². The average molecular weight is 240 g/mol. The monoisotopic (exact) mass is 240 g/mol. The van der Waals surface area contributed by atoms with Gasteiger partial charge < -0.3 is 10.6 Å². The Labute approximate surface area is 109 Å². The van der Waals surface area contributed by atoms with Gasteiger partial charge >= 0.3 is 0 Å². The van der Waals surface area contributed by atoms with Gasteiger partial charge in [0.25, 0.3) is 0 Å². The summed E-state index contributed by atoms with van der Waals surface area (Å²) in [6.45, 7) is 2.10. The quantitative estimate of drug-likeness (QED) is 0.893. The minimum absolute atomic E-state index is 0.0533. The van der Waals surface area contributed by atoms with Gasteiger partial charge in [0.2, 0.25) is 0 Å². The predicted octanol–water partition coefficient (Wildman–Crippen LogP) is 3.11. The summed E-state index contributed by atoms with van der Waals surface area (Å²) in [6.07, 6.45) is 0. The molecule has 0 saturated heterocycles. The van der Waals surface area contributed by atoms with Gasteiger partial charge in [-0.25, -0.2) is 0 Å².